The van der Waals surface area contributed by atoms with E-state index in [0.29, 0.717) is 25.7 Å². The Morgan fingerprint density at radius 1 is 1.22 bits per heavy atom. The first-order chi connectivity index (χ1) is 16.3. The number of ether oxygens (including phenoxy) is 1. The molecule has 0 saturated heterocycles. The number of ketones is 2. The zero-order valence-electron chi connectivity index (χ0n) is 21.5. The van der Waals surface area contributed by atoms with E-state index in [0.717, 1.165) is 12.0 Å². The lowest BCUT2D eigenvalue weighted by molar-refractivity contribution is -0.182. The molecule has 9 heteroatoms. The molecule has 5 N–H and O–H groups in total. The third kappa shape index (κ3) is 3.59. The summed E-state index contributed by atoms with van der Waals surface area (Å²) in [4.78, 5) is 36.7. The molecule has 0 amide bonds. The van der Waals surface area contributed by atoms with Gasteiger partial charge >= 0.3 is 5.97 Å². The molecule has 0 aromatic rings. The maximum absolute atomic E-state index is 12.8. The normalized spacial score (nSPS) is 43.3. The molecule has 8 nitrogen and oxygen atoms in total. The molecule has 4 rings (SSSR count). The van der Waals surface area contributed by atoms with Gasteiger partial charge in [0.2, 0.25) is 0 Å². The number of carbonyl (C=O) groups is 3. The van der Waals surface area contributed by atoms with Gasteiger partial charge in [-0.1, -0.05) is 32.8 Å². The van der Waals surface area contributed by atoms with Crippen LogP contribution in [0.2, 0.25) is 0 Å². The van der Waals surface area contributed by atoms with Crippen molar-refractivity contribution in [1.82, 2.24) is 0 Å². The first-order valence-electron chi connectivity index (χ1n) is 12.7. The molecular formula is C27H39ClO8. The van der Waals surface area contributed by atoms with Crippen LogP contribution >= 0.6 is 11.6 Å². The van der Waals surface area contributed by atoms with Gasteiger partial charge in [0.15, 0.2) is 11.6 Å². The standard InChI is InChI=1S/C27H37ClO7.H2O/c1-5-6-7-23(33)35-22-12-17(30)11-16-8-9-18-19-10-15(2)27(34,21(32)14-29)24(19,3)13-20(31)26(18,28)25(16,22)4;/h11-12,15,18-20,29,31,34H,5-10,13-14H2,1-4H3;1H2/t15-,18-,19-,20-,24-,25-,26-,27-;/m0./s1. The molecule has 8 atom stereocenters. The Bertz CT molecular complexity index is 1010. The number of Topliss-reactive ketones (excluding diaryl/α,β-unsaturated/α-hetero) is 1. The maximum atomic E-state index is 12.8. The number of fused-ring (bicyclic) bond motifs is 5. The molecule has 0 bridgehead atoms. The van der Waals surface area contributed by atoms with Crippen LogP contribution in [-0.2, 0) is 19.1 Å². The molecule has 36 heavy (non-hydrogen) atoms. The highest BCUT2D eigenvalue weighted by Gasteiger charge is 2.75. The summed E-state index contributed by atoms with van der Waals surface area (Å²) in [5, 5.41) is 33.0. The number of hydrogen-bond acceptors (Lipinski definition) is 7. The van der Waals surface area contributed by atoms with Crippen molar-refractivity contribution < 1.29 is 39.9 Å². The fourth-order valence-corrected chi connectivity index (χ4v) is 8.53. The van der Waals surface area contributed by atoms with Crippen molar-refractivity contribution in [2.24, 2.45) is 28.6 Å². The van der Waals surface area contributed by atoms with Crippen LogP contribution in [0.5, 0.6) is 0 Å². The second-order valence-electron chi connectivity index (χ2n) is 11.4. The van der Waals surface area contributed by atoms with Gasteiger partial charge in [0.25, 0.3) is 0 Å². The van der Waals surface area contributed by atoms with E-state index in [2.05, 4.69) is 0 Å². The molecule has 0 radical (unpaired) electrons. The van der Waals surface area contributed by atoms with Gasteiger partial charge in [0, 0.05) is 17.9 Å². The van der Waals surface area contributed by atoms with Crippen LogP contribution in [0.4, 0.5) is 0 Å². The Kier molecular flexibility index (Phi) is 7.75. The predicted molar refractivity (Wildman–Crippen MR) is 133 cm³/mol. The number of allylic oxidation sites excluding steroid dienone is 3. The highest BCUT2D eigenvalue weighted by molar-refractivity contribution is 6.26. The fraction of sp³-hybridized carbons (Fsp3) is 0.741. The van der Waals surface area contributed by atoms with Gasteiger partial charge in [0.1, 0.15) is 18.0 Å². The molecule has 0 aromatic carbocycles. The Morgan fingerprint density at radius 2 is 1.89 bits per heavy atom. The van der Waals surface area contributed by atoms with E-state index in [1.807, 2.05) is 20.8 Å². The summed E-state index contributed by atoms with van der Waals surface area (Å²) in [5.41, 5.74) is -3.15. The molecule has 3 saturated carbocycles. The second kappa shape index (κ2) is 9.62. The summed E-state index contributed by atoms with van der Waals surface area (Å²) >= 11 is 7.51. The van der Waals surface area contributed by atoms with Crippen LogP contribution in [0.1, 0.15) is 72.6 Å². The summed E-state index contributed by atoms with van der Waals surface area (Å²) in [7, 11) is 0. The van der Waals surface area contributed by atoms with E-state index in [4.69, 9.17) is 16.3 Å². The van der Waals surface area contributed by atoms with Crippen molar-refractivity contribution in [3.05, 3.63) is 23.5 Å². The van der Waals surface area contributed by atoms with E-state index in [1.54, 1.807) is 6.92 Å². The van der Waals surface area contributed by atoms with E-state index < -0.39 is 51.7 Å². The largest absolute Gasteiger partial charge is 0.430 e. The van der Waals surface area contributed by atoms with Crippen LogP contribution in [0.15, 0.2) is 23.5 Å². The minimum Gasteiger partial charge on any atom is -0.430 e. The van der Waals surface area contributed by atoms with Crippen LogP contribution in [0.3, 0.4) is 0 Å². The average Bonchev–Trinajstić information content (AvgIpc) is 3.00. The van der Waals surface area contributed by atoms with Gasteiger partial charge in [-0.3, -0.25) is 14.4 Å². The zero-order valence-corrected chi connectivity index (χ0v) is 22.2. The van der Waals surface area contributed by atoms with Crippen LogP contribution in [-0.4, -0.2) is 61.5 Å². The van der Waals surface area contributed by atoms with E-state index in [9.17, 15) is 29.7 Å². The number of alkyl halides is 1. The summed E-state index contributed by atoms with van der Waals surface area (Å²) in [5.74, 6) is -2.16. The Balaban J connectivity index is 0.00000361. The van der Waals surface area contributed by atoms with Gasteiger partial charge in [-0.25, -0.2) is 0 Å². The number of unbranched alkanes of at least 4 members (excludes halogenated alkanes) is 1. The van der Waals surface area contributed by atoms with Crippen LogP contribution < -0.4 is 0 Å². The second-order valence-corrected chi connectivity index (χ2v) is 12.1. The predicted octanol–water partition coefficient (Wildman–Crippen LogP) is 2.40. The molecule has 0 aromatic heterocycles. The molecule has 0 spiro atoms. The average molecular weight is 527 g/mol. The zero-order chi connectivity index (χ0) is 26.0. The van der Waals surface area contributed by atoms with Crippen LogP contribution in [0.25, 0.3) is 0 Å². The smallest absolute Gasteiger partial charge is 0.310 e. The quantitative estimate of drug-likeness (QED) is 0.355. The minimum absolute atomic E-state index is 0. The first kappa shape index (κ1) is 29.0. The SMILES string of the molecule is CCCCC(=O)OC1=CC(=O)C=C2CC[C@H]3[C@@H]4C[C@H](C)[C@](O)(C(=O)CO)[C@@]4(C)C[C@H](O)[C@]3(Cl)[C@@]21C.O. The van der Waals surface area contributed by atoms with Crippen molar-refractivity contribution >= 4 is 29.1 Å². The van der Waals surface area contributed by atoms with Gasteiger partial charge in [-0.05, 0) is 62.9 Å². The Morgan fingerprint density at radius 3 is 2.50 bits per heavy atom. The molecule has 202 valence electrons. The van der Waals surface area contributed by atoms with E-state index in [1.165, 1.54) is 12.2 Å². The molecule has 0 aliphatic heterocycles. The number of aliphatic hydroxyl groups is 3. The van der Waals surface area contributed by atoms with Crippen molar-refractivity contribution in [2.45, 2.75) is 89.2 Å². The van der Waals surface area contributed by atoms with Crippen molar-refractivity contribution in [1.29, 1.82) is 0 Å². The number of halogens is 1. The lowest BCUT2D eigenvalue weighted by Crippen LogP contribution is -2.69. The molecule has 0 heterocycles. The third-order valence-electron chi connectivity index (χ3n) is 9.88. The van der Waals surface area contributed by atoms with Gasteiger partial charge < -0.3 is 25.5 Å². The van der Waals surface area contributed by atoms with Crippen LogP contribution in [0, 0.1) is 28.6 Å². The Labute approximate surface area is 217 Å². The van der Waals surface area contributed by atoms with Gasteiger partial charge in [-0.15, -0.1) is 11.6 Å². The lowest BCUT2D eigenvalue weighted by Gasteiger charge is -2.64. The van der Waals surface area contributed by atoms with Gasteiger partial charge in [-0.2, -0.15) is 0 Å². The number of rotatable bonds is 6. The lowest BCUT2D eigenvalue weighted by atomic mass is 9.45. The first-order valence-corrected chi connectivity index (χ1v) is 13.1. The Hall–Kier alpha value is -1.58. The number of aliphatic hydroxyl groups excluding tert-OH is 2. The number of esters is 1. The molecule has 4 aliphatic carbocycles. The van der Waals surface area contributed by atoms with E-state index >= 15 is 0 Å². The fourth-order valence-electron chi connectivity index (χ4n) is 7.98. The van der Waals surface area contributed by atoms with Gasteiger partial charge in [0.05, 0.1) is 16.4 Å². The van der Waals surface area contributed by atoms with Crippen molar-refractivity contribution in [2.75, 3.05) is 6.61 Å². The summed E-state index contributed by atoms with van der Waals surface area (Å²) in [6, 6.07) is 0. The topological polar surface area (TPSA) is 153 Å². The van der Waals surface area contributed by atoms with E-state index in [-0.39, 0.29) is 41.7 Å². The number of carbonyl (C=O) groups excluding carboxylic acids is 3. The summed E-state index contributed by atoms with van der Waals surface area (Å²) < 4.78 is 5.78. The highest BCUT2D eigenvalue weighted by atomic mass is 35.5. The number of hydrogen-bond donors (Lipinski definition) is 3. The monoisotopic (exact) mass is 526 g/mol. The third-order valence-corrected chi connectivity index (χ3v) is 10.8. The molecule has 3 fully saturated rings. The van der Waals surface area contributed by atoms with Crippen molar-refractivity contribution in [3.63, 3.8) is 0 Å². The molecule has 4 aliphatic rings. The maximum Gasteiger partial charge on any atom is 0.310 e. The minimum atomic E-state index is -1.78. The van der Waals surface area contributed by atoms with Crippen molar-refractivity contribution in [3.8, 4) is 0 Å². The summed E-state index contributed by atoms with van der Waals surface area (Å²) in [6.45, 7) is 6.64. The highest BCUT2D eigenvalue weighted by Crippen LogP contribution is 2.72. The molecular weight excluding hydrogens is 488 g/mol. The molecule has 0 unspecified atom stereocenters. The summed E-state index contributed by atoms with van der Waals surface area (Å²) in [6.07, 6.45) is 5.00.